The van der Waals surface area contributed by atoms with Crippen LogP contribution in [0.2, 0.25) is 5.02 Å². The van der Waals surface area contributed by atoms with E-state index in [-0.39, 0.29) is 9.92 Å². The number of halogens is 3. The lowest BCUT2D eigenvalue weighted by molar-refractivity contribution is 0.384. The normalized spacial score (nSPS) is 15.5. The molecule has 0 atom stereocenters. The van der Waals surface area contributed by atoms with Gasteiger partial charge in [0.25, 0.3) is 0 Å². The van der Waals surface area contributed by atoms with Crippen molar-refractivity contribution in [1.29, 1.82) is 0 Å². The summed E-state index contributed by atoms with van der Waals surface area (Å²) in [5.74, 6) is -0.438. The third kappa shape index (κ3) is 4.70. The summed E-state index contributed by atoms with van der Waals surface area (Å²) in [5, 5.41) is 2.90. The van der Waals surface area contributed by atoms with Crippen LogP contribution in [0, 0.1) is 5.82 Å². The molecule has 5 nitrogen and oxygen atoms in total. The summed E-state index contributed by atoms with van der Waals surface area (Å²) in [6.45, 7) is 1.92. The predicted molar refractivity (Wildman–Crippen MR) is 121 cm³/mol. The smallest absolute Gasteiger partial charge is 0.243 e. The van der Waals surface area contributed by atoms with Crippen LogP contribution in [0.1, 0.15) is 11.3 Å². The standard InChI is InChI=1S/C20H18BrClFN3O2S2/c21-15-2-1-3-17(12-15)30(27,28)26-8-6-25(7-9-26)20-24-16(13-29-20)10-14-4-5-18(22)19(23)11-14/h1-5,11-13H,6-10H2. The largest absolute Gasteiger partial charge is 0.345 e. The van der Waals surface area contributed by atoms with Crippen LogP contribution < -0.4 is 4.90 Å². The summed E-state index contributed by atoms with van der Waals surface area (Å²) in [6.07, 6.45) is 0.516. The van der Waals surface area contributed by atoms with Gasteiger partial charge in [-0.2, -0.15) is 4.31 Å². The number of nitrogens with zero attached hydrogens (tertiary/aromatic N) is 3. The van der Waals surface area contributed by atoms with Gasteiger partial charge in [0, 0.05) is 42.5 Å². The van der Waals surface area contributed by atoms with Gasteiger partial charge in [-0.1, -0.05) is 39.7 Å². The number of hydrogen-bond acceptors (Lipinski definition) is 5. The lowest BCUT2D eigenvalue weighted by atomic mass is 10.1. The number of sulfonamides is 1. The molecule has 1 saturated heterocycles. The van der Waals surface area contributed by atoms with Crippen LogP contribution in [-0.4, -0.2) is 43.9 Å². The molecule has 0 saturated carbocycles. The second-order valence-corrected chi connectivity index (χ2v) is 11.0. The topological polar surface area (TPSA) is 53.5 Å². The molecule has 0 amide bonds. The summed E-state index contributed by atoms with van der Waals surface area (Å²) >= 11 is 10.6. The van der Waals surface area contributed by atoms with E-state index in [1.54, 1.807) is 36.4 Å². The number of piperazine rings is 1. The average molecular weight is 531 g/mol. The van der Waals surface area contributed by atoms with E-state index >= 15 is 0 Å². The SMILES string of the molecule is O=S(=O)(c1cccc(Br)c1)N1CCN(c2nc(Cc3ccc(Cl)c(F)c3)cs2)CC1. The van der Waals surface area contributed by atoms with Crippen molar-refractivity contribution in [2.24, 2.45) is 0 Å². The molecule has 158 valence electrons. The summed E-state index contributed by atoms with van der Waals surface area (Å²) in [5.41, 5.74) is 1.65. The predicted octanol–water partition coefficient (Wildman–Crippen LogP) is 4.80. The second-order valence-electron chi connectivity index (χ2n) is 6.90. The van der Waals surface area contributed by atoms with Gasteiger partial charge in [0.15, 0.2) is 5.13 Å². The summed E-state index contributed by atoms with van der Waals surface area (Å²) < 4.78 is 41.6. The molecule has 0 bridgehead atoms. The van der Waals surface area contributed by atoms with Gasteiger partial charge in [0.2, 0.25) is 10.0 Å². The molecule has 0 radical (unpaired) electrons. The van der Waals surface area contributed by atoms with Crippen LogP contribution in [0.25, 0.3) is 0 Å². The quantitative estimate of drug-likeness (QED) is 0.476. The first-order valence-electron chi connectivity index (χ1n) is 9.22. The molecule has 2 aromatic carbocycles. The molecule has 0 N–H and O–H groups in total. The summed E-state index contributed by atoms with van der Waals surface area (Å²) in [6, 6.07) is 11.5. The molecule has 10 heteroatoms. The fourth-order valence-electron chi connectivity index (χ4n) is 3.28. The van der Waals surface area contributed by atoms with Crippen LogP contribution >= 0.6 is 38.9 Å². The van der Waals surface area contributed by atoms with E-state index in [9.17, 15) is 12.8 Å². The Bertz CT molecular complexity index is 1160. The molecule has 3 aromatic rings. The van der Waals surface area contributed by atoms with Crippen LogP contribution in [0.15, 0.2) is 57.2 Å². The second kappa shape index (κ2) is 8.92. The molecule has 1 aliphatic heterocycles. The monoisotopic (exact) mass is 529 g/mol. The number of aromatic nitrogens is 1. The number of thiazole rings is 1. The van der Waals surface area contributed by atoms with Gasteiger partial charge in [-0.25, -0.2) is 17.8 Å². The highest BCUT2D eigenvalue weighted by Crippen LogP contribution is 2.26. The maximum atomic E-state index is 13.6. The first kappa shape index (κ1) is 21.7. The number of rotatable bonds is 5. The minimum absolute atomic E-state index is 0.105. The van der Waals surface area contributed by atoms with E-state index < -0.39 is 15.8 Å². The highest BCUT2D eigenvalue weighted by atomic mass is 79.9. The van der Waals surface area contributed by atoms with Crippen molar-refractivity contribution in [3.8, 4) is 0 Å². The molecule has 1 fully saturated rings. The number of benzene rings is 2. The molecular weight excluding hydrogens is 513 g/mol. The van der Waals surface area contributed by atoms with E-state index in [0.29, 0.717) is 32.6 Å². The molecule has 4 rings (SSSR count). The van der Waals surface area contributed by atoms with E-state index in [0.717, 1.165) is 20.9 Å². The Morgan fingerprint density at radius 2 is 1.90 bits per heavy atom. The fourth-order valence-corrected chi connectivity index (χ4v) is 6.29. The Morgan fingerprint density at radius 1 is 1.13 bits per heavy atom. The van der Waals surface area contributed by atoms with Gasteiger partial charge in [0.05, 0.1) is 15.6 Å². The third-order valence-corrected chi connectivity index (χ3v) is 8.50. The van der Waals surface area contributed by atoms with Crippen LogP contribution in [0.5, 0.6) is 0 Å². The van der Waals surface area contributed by atoms with E-state index in [4.69, 9.17) is 11.6 Å². The van der Waals surface area contributed by atoms with E-state index in [2.05, 4.69) is 25.8 Å². The Labute approximate surface area is 192 Å². The minimum atomic E-state index is -3.52. The molecule has 0 aliphatic carbocycles. The van der Waals surface area contributed by atoms with Crippen LogP contribution in [0.4, 0.5) is 9.52 Å². The molecule has 0 unspecified atom stereocenters. The van der Waals surface area contributed by atoms with Gasteiger partial charge >= 0.3 is 0 Å². The Balaban J connectivity index is 1.40. The summed E-state index contributed by atoms with van der Waals surface area (Å²) in [7, 11) is -3.52. The number of hydrogen-bond donors (Lipinski definition) is 0. The van der Waals surface area contributed by atoms with Crippen LogP contribution in [0.3, 0.4) is 0 Å². The molecule has 1 aliphatic rings. The highest BCUT2D eigenvalue weighted by molar-refractivity contribution is 9.10. The lowest BCUT2D eigenvalue weighted by Crippen LogP contribution is -2.48. The first-order valence-corrected chi connectivity index (χ1v) is 12.7. The van der Waals surface area contributed by atoms with Crippen molar-refractivity contribution in [3.05, 3.63) is 74.4 Å². The lowest BCUT2D eigenvalue weighted by Gasteiger charge is -2.33. The minimum Gasteiger partial charge on any atom is -0.345 e. The Kier molecular flexibility index (Phi) is 6.45. The van der Waals surface area contributed by atoms with Gasteiger partial charge in [-0.3, -0.25) is 0 Å². The zero-order valence-electron chi connectivity index (χ0n) is 15.8. The van der Waals surface area contributed by atoms with E-state index in [1.807, 2.05) is 5.38 Å². The van der Waals surface area contributed by atoms with Gasteiger partial charge in [-0.05, 0) is 35.9 Å². The van der Waals surface area contributed by atoms with Crippen LogP contribution in [-0.2, 0) is 16.4 Å². The maximum Gasteiger partial charge on any atom is 0.243 e. The molecule has 2 heterocycles. The van der Waals surface area contributed by atoms with Gasteiger partial charge in [0.1, 0.15) is 5.82 Å². The molecular formula is C20H18BrClFN3O2S2. The van der Waals surface area contributed by atoms with E-state index in [1.165, 1.54) is 21.7 Å². The highest BCUT2D eigenvalue weighted by Gasteiger charge is 2.29. The van der Waals surface area contributed by atoms with Crippen molar-refractivity contribution in [3.63, 3.8) is 0 Å². The van der Waals surface area contributed by atoms with Crippen molar-refractivity contribution in [2.75, 3.05) is 31.1 Å². The molecule has 1 aromatic heterocycles. The number of anilines is 1. The third-order valence-electron chi connectivity index (χ3n) is 4.85. The average Bonchev–Trinajstić information content (AvgIpc) is 3.19. The summed E-state index contributed by atoms with van der Waals surface area (Å²) in [4.78, 5) is 7.03. The zero-order chi connectivity index (χ0) is 21.3. The van der Waals surface area contributed by atoms with Crippen molar-refractivity contribution in [2.45, 2.75) is 11.3 Å². The van der Waals surface area contributed by atoms with Gasteiger partial charge < -0.3 is 4.90 Å². The van der Waals surface area contributed by atoms with Crippen molar-refractivity contribution in [1.82, 2.24) is 9.29 Å². The Hall–Kier alpha value is -1.52. The first-order chi connectivity index (χ1) is 14.3. The van der Waals surface area contributed by atoms with Crippen molar-refractivity contribution >= 4 is 54.0 Å². The molecule has 0 spiro atoms. The fraction of sp³-hybridized carbons (Fsp3) is 0.250. The molecule has 30 heavy (non-hydrogen) atoms. The Morgan fingerprint density at radius 3 is 2.60 bits per heavy atom. The maximum absolute atomic E-state index is 13.6. The van der Waals surface area contributed by atoms with Gasteiger partial charge in [-0.15, -0.1) is 11.3 Å². The van der Waals surface area contributed by atoms with Crippen molar-refractivity contribution < 1.29 is 12.8 Å². The zero-order valence-corrected chi connectivity index (χ0v) is 19.7.